The lowest BCUT2D eigenvalue weighted by Gasteiger charge is -2.35. The fourth-order valence-corrected chi connectivity index (χ4v) is 2.52. The molecule has 6 heteroatoms. The number of nitrogens with zero attached hydrogens (tertiary/aromatic N) is 2. The normalized spacial score (nSPS) is 17.1. The van der Waals surface area contributed by atoms with Gasteiger partial charge < -0.3 is 19.5 Å². The van der Waals surface area contributed by atoms with Crippen molar-refractivity contribution in [1.82, 2.24) is 9.80 Å². The predicted molar refractivity (Wildman–Crippen MR) is 83.2 cm³/mol. The Morgan fingerprint density at radius 2 is 1.95 bits per heavy atom. The average molecular weight is 308 g/mol. The molecular formula is C16H24N2O4. The highest BCUT2D eigenvalue weighted by molar-refractivity contribution is 5.81. The molecule has 2 rings (SSSR count). The van der Waals surface area contributed by atoms with E-state index in [2.05, 4.69) is 4.90 Å². The van der Waals surface area contributed by atoms with Gasteiger partial charge in [-0.15, -0.1) is 0 Å². The lowest BCUT2D eigenvalue weighted by molar-refractivity contribution is -0.139. The standard InChI is InChI=1S/C16H24N2O4/c1-13(22-15-5-3-4-14(12-15)21-2)16(20)18-8-6-17(7-9-18)10-11-19/h3-5,12-13,19H,6-11H2,1-2H3. The van der Waals surface area contributed by atoms with Gasteiger partial charge in [-0.05, 0) is 19.1 Å². The molecule has 1 aliphatic heterocycles. The van der Waals surface area contributed by atoms with Gasteiger partial charge in [-0.3, -0.25) is 9.69 Å². The highest BCUT2D eigenvalue weighted by Crippen LogP contribution is 2.20. The van der Waals surface area contributed by atoms with Crippen LogP contribution in [0, 0.1) is 0 Å². The van der Waals surface area contributed by atoms with Crippen molar-refractivity contribution in [3.8, 4) is 11.5 Å². The van der Waals surface area contributed by atoms with Gasteiger partial charge in [0.05, 0.1) is 13.7 Å². The second-order valence-electron chi connectivity index (χ2n) is 5.33. The second kappa shape index (κ2) is 8.00. The van der Waals surface area contributed by atoms with E-state index in [9.17, 15) is 4.79 Å². The summed E-state index contributed by atoms with van der Waals surface area (Å²) < 4.78 is 10.9. The van der Waals surface area contributed by atoms with Crippen LogP contribution in [0.25, 0.3) is 0 Å². The van der Waals surface area contributed by atoms with Crippen LogP contribution in [0.4, 0.5) is 0 Å². The van der Waals surface area contributed by atoms with Crippen molar-refractivity contribution in [2.45, 2.75) is 13.0 Å². The number of hydrogen-bond donors (Lipinski definition) is 1. The van der Waals surface area contributed by atoms with Gasteiger partial charge in [0.15, 0.2) is 6.10 Å². The molecule has 122 valence electrons. The molecule has 0 spiro atoms. The van der Waals surface area contributed by atoms with Gasteiger partial charge in [-0.25, -0.2) is 0 Å². The average Bonchev–Trinajstić information content (AvgIpc) is 2.55. The number of amides is 1. The molecule has 0 radical (unpaired) electrons. The molecule has 1 N–H and O–H groups in total. The van der Waals surface area contributed by atoms with E-state index in [0.29, 0.717) is 31.1 Å². The number of benzene rings is 1. The Morgan fingerprint density at radius 1 is 1.27 bits per heavy atom. The smallest absolute Gasteiger partial charge is 0.263 e. The van der Waals surface area contributed by atoms with Crippen molar-refractivity contribution in [3.05, 3.63) is 24.3 Å². The first-order chi connectivity index (χ1) is 10.6. The summed E-state index contributed by atoms with van der Waals surface area (Å²) in [6, 6.07) is 7.24. The van der Waals surface area contributed by atoms with E-state index in [1.54, 1.807) is 20.1 Å². The largest absolute Gasteiger partial charge is 0.497 e. The summed E-state index contributed by atoms with van der Waals surface area (Å²) in [5.41, 5.74) is 0. The summed E-state index contributed by atoms with van der Waals surface area (Å²) in [5.74, 6) is 1.32. The topological polar surface area (TPSA) is 62.2 Å². The number of piperazine rings is 1. The fourth-order valence-electron chi connectivity index (χ4n) is 2.52. The third-order valence-corrected chi connectivity index (χ3v) is 3.80. The number of ether oxygens (including phenoxy) is 2. The Morgan fingerprint density at radius 3 is 2.59 bits per heavy atom. The molecule has 6 nitrogen and oxygen atoms in total. The van der Waals surface area contributed by atoms with Crippen LogP contribution in [-0.4, -0.2) is 73.4 Å². The lowest BCUT2D eigenvalue weighted by atomic mass is 10.2. The third kappa shape index (κ3) is 4.35. The molecule has 0 saturated carbocycles. The molecule has 1 atom stereocenters. The molecule has 22 heavy (non-hydrogen) atoms. The highest BCUT2D eigenvalue weighted by Gasteiger charge is 2.25. The molecule has 1 aliphatic rings. The first-order valence-corrected chi connectivity index (χ1v) is 7.56. The van der Waals surface area contributed by atoms with E-state index in [0.717, 1.165) is 13.1 Å². The van der Waals surface area contributed by atoms with Gasteiger partial charge in [-0.1, -0.05) is 6.07 Å². The zero-order valence-corrected chi connectivity index (χ0v) is 13.2. The fraction of sp³-hybridized carbons (Fsp3) is 0.562. The Hall–Kier alpha value is -1.79. The van der Waals surface area contributed by atoms with Crippen molar-refractivity contribution in [3.63, 3.8) is 0 Å². The van der Waals surface area contributed by atoms with Crippen LogP contribution in [0.1, 0.15) is 6.92 Å². The van der Waals surface area contributed by atoms with Crippen molar-refractivity contribution in [1.29, 1.82) is 0 Å². The van der Waals surface area contributed by atoms with Gasteiger partial charge in [0.25, 0.3) is 5.91 Å². The molecule has 0 aliphatic carbocycles. The van der Waals surface area contributed by atoms with Crippen molar-refractivity contribution < 1.29 is 19.4 Å². The SMILES string of the molecule is COc1cccc(OC(C)C(=O)N2CCN(CCO)CC2)c1. The van der Waals surface area contributed by atoms with Gasteiger partial charge in [0.1, 0.15) is 11.5 Å². The summed E-state index contributed by atoms with van der Waals surface area (Å²) in [4.78, 5) is 16.4. The summed E-state index contributed by atoms with van der Waals surface area (Å²) in [6.45, 7) is 5.51. The summed E-state index contributed by atoms with van der Waals surface area (Å²) in [5, 5.41) is 8.94. The molecule has 0 aromatic heterocycles. The Balaban J connectivity index is 1.87. The lowest BCUT2D eigenvalue weighted by Crippen LogP contribution is -2.52. The zero-order chi connectivity index (χ0) is 15.9. The van der Waals surface area contributed by atoms with E-state index < -0.39 is 6.10 Å². The molecule has 1 heterocycles. The highest BCUT2D eigenvalue weighted by atomic mass is 16.5. The van der Waals surface area contributed by atoms with Gasteiger partial charge in [-0.2, -0.15) is 0 Å². The number of β-amino-alcohol motifs (C(OH)–C–C–N with tert-alkyl or cyclic N) is 1. The monoisotopic (exact) mass is 308 g/mol. The first-order valence-electron chi connectivity index (χ1n) is 7.56. The summed E-state index contributed by atoms with van der Waals surface area (Å²) in [7, 11) is 1.60. The maximum absolute atomic E-state index is 12.4. The van der Waals surface area contributed by atoms with Crippen LogP contribution in [0.2, 0.25) is 0 Å². The number of carbonyl (C=O) groups is 1. The van der Waals surface area contributed by atoms with Gasteiger partial charge >= 0.3 is 0 Å². The second-order valence-corrected chi connectivity index (χ2v) is 5.33. The molecule has 1 aromatic rings. The zero-order valence-electron chi connectivity index (χ0n) is 13.2. The maximum Gasteiger partial charge on any atom is 0.263 e. The van der Waals surface area contributed by atoms with E-state index in [1.807, 2.05) is 23.1 Å². The quantitative estimate of drug-likeness (QED) is 0.834. The minimum atomic E-state index is -0.531. The predicted octanol–water partition coefficient (Wildman–Crippen LogP) is 0.599. The van der Waals surface area contributed by atoms with Crippen LogP contribution in [-0.2, 0) is 4.79 Å². The number of hydrogen-bond acceptors (Lipinski definition) is 5. The van der Waals surface area contributed by atoms with Gasteiger partial charge in [0.2, 0.25) is 0 Å². The molecule has 1 saturated heterocycles. The molecule has 1 amide bonds. The number of carbonyl (C=O) groups excluding carboxylic acids is 1. The van der Waals surface area contributed by atoms with Gasteiger partial charge in [0, 0.05) is 38.8 Å². The van der Waals surface area contributed by atoms with E-state index in [4.69, 9.17) is 14.6 Å². The maximum atomic E-state index is 12.4. The van der Waals surface area contributed by atoms with Crippen LogP contribution in [0.3, 0.4) is 0 Å². The third-order valence-electron chi connectivity index (χ3n) is 3.80. The minimum absolute atomic E-state index is 0.00790. The first kappa shape index (κ1) is 16.6. The van der Waals surface area contributed by atoms with E-state index >= 15 is 0 Å². The molecule has 0 bridgehead atoms. The molecule has 1 fully saturated rings. The number of aliphatic hydroxyl groups excluding tert-OH is 1. The van der Waals surface area contributed by atoms with Crippen LogP contribution in [0.15, 0.2) is 24.3 Å². The Labute approximate surface area is 131 Å². The Bertz CT molecular complexity index is 487. The van der Waals surface area contributed by atoms with Crippen molar-refractivity contribution >= 4 is 5.91 Å². The van der Waals surface area contributed by atoms with Crippen LogP contribution >= 0.6 is 0 Å². The van der Waals surface area contributed by atoms with Crippen LogP contribution < -0.4 is 9.47 Å². The minimum Gasteiger partial charge on any atom is -0.497 e. The van der Waals surface area contributed by atoms with E-state index in [-0.39, 0.29) is 12.5 Å². The van der Waals surface area contributed by atoms with Crippen molar-refractivity contribution in [2.75, 3.05) is 46.4 Å². The molecule has 1 unspecified atom stereocenters. The summed E-state index contributed by atoms with van der Waals surface area (Å²) in [6.07, 6.45) is -0.531. The summed E-state index contributed by atoms with van der Waals surface area (Å²) >= 11 is 0. The van der Waals surface area contributed by atoms with Crippen molar-refractivity contribution in [2.24, 2.45) is 0 Å². The Kier molecular flexibility index (Phi) is 6.03. The van der Waals surface area contributed by atoms with Crippen LogP contribution in [0.5, 0.6) is 11.5 Å². The van der Waals surface area contributed by atoms with E-state index in [1.165, 1.54) is 0 Å². The number of rotatable bonds is 6. The number of methoxy groups -OCH3 is 1. The molecule has 1 aromatic carbocycles. The molecular weight excluding hydrogens is 284 g/mol. The number of aliphatic hydroxyl groups is 1.